The smallest absolute Gasteiger partial charge is 0.356 e. The van der Waals surface area contributed by atoms with Gasteiger partial charge in [-0.25, -0.2) is 19.6 Å². The van der Waals surface area contributed by atoms with Gasteiger partial charge in [0.2, 0.25) is 0 Å². The van der Waals surface area contributed by atoms with Crippen LogP contribution in [0.5, 0.6) is 0 Å². The Hall–Kier alpha value is -7.83. The first kappa shape index (κ1) is 99.5. The first-order valence-electron chi connectivity index (χ1n) is 35.8. The molecule has 0 atom stereocenters. The number of aliphatic hydroxyl groups is 2. The summed E-state index contributed by atoms with van der Waals surface area (Å²) in [5.74, 6) is 3.18. The Morgan fingerprint density at radius 2 is 0.683 bits per heavy atom. The van der Waals surface area contributed by atoms with Gasteiger partial charge in [-0.15, -0.1) is 0 Å². The van der Waals surface area contributed by atoms with Gasteiger partial charge in [0.05, 0.1) is 26.5 Å². The van der Waals surface area contributed by atoms with Gasteiger partial charge in [-0.05, 0) is 198 Å². The van der Waals surface area contributed by atoms with Crippen molar-refractivity contribution in [2.24, 2.45) is 59.2 Å². The predicted molar refractivity (Wildman–Crippen MR) is 411 cm³/mol. The third-order valence-corrected chi connectivity index (χ3v) is 12.2. The summed E-state index contributed by atoms with van der Waals surface area (Å²) in [5, 5.41) is 33.8. The van der Waals surface area contributed by atoms with E-state index in [9.17, 15) is 24.0 Å². The topological polar surface area (TPSA) is 271 Å². The summed E-state index contributed by atoms with van der Waals surface area (Å²) in [6.45, 7) is 47.9. The fraction of sp³-hybridized carbons (Fsp3) is 0.578. The number of carboxylic acids is 2. The van der Waals surface area contributed by atoms with E-state index >= 15 is 0 Å². The molecule has 0 amide bonds. The first-order chi connectivity index (χ1) is 47.2. The highest BCUT2D eigenvalue weighted by atomic mass is 16.6. The summed E-state index contributed by atoms with van der Waals surface area (Å²) in [6, 6.07) is 34.4. The van der Waals surface area contributed by atoms with E-state index < -0.39 is 11.9 Å². The maximum Gasteiger partial charge on any atom is 0.356 e. The zero-order valence-corrected chi connectivity index (χ0v) is 66.6. The maximum absolute atomic E-state index is 11.2. The number of nitrogens with zero attached hydrogens (tertiary/aromatic N) is 6. The van der Waals surface area contributed by atoms with Crippen LogP contribution in [-0.4, -0.2) is 107 Å². The molecule has 6 aromatic heterocycles. The Labute approximate surface area is 610 Å². The number of aromatic carboxylic acids is 1. The summed E-state index contributed by atoms with van der Waals surface area (Å²) < 4.78 is 14.1. The molecule has 0 aromatic carbocycles. The van der Waals surface area contributed by atoms with Crippen molar-refractivity contribution >= 4 is 29.8 Å². The molecule has 4 N–H and O–H groups in total. The number of ether oxygens (including phenoxy) is 3. The number of hydrogen-bond donors (Lipinski definition) is 4. The van der Waals surface area contributed by atoms with E-state index in [1.54, 1.807) is 12.1 Å². The summed E-state index contributed by atoms with van der Waals surface area (Å²) in [5.41, 5.74) is 7.34. The largest absolute Gasteiger partial charge is 0.481 e. The molecule has 0 bridgehead atoms. The first-order valence-corrected chi connectivity index (χ1v) is 35.8. The van der Waals surface area contributed by atoms with Crippen molar-refractivity contribution in [3.63, 3.8) is 0 Å². The number of carbonyl (C=O) groups excluding carboxylic acids is 3. The van der Waals surface area contributed by atoms with Crippen LogP contribution >= 0.6 is 0 Å². The van der Waals surface area contributed by atoms with Crippen molar-refractivity contribution in [1.29, 1.82) is 0 Å². The molecule has 0 aliphatic heterocycles. The molecule has 0 unspecified atom stereocenters. The Kier molecular flexibility index (Phi) is 60.0. The van der Waals surface area contributed by atoms with Crippen molar-refractivity contribution in [2.75, 3.05) is 20.8 Å². The lowest BCUT2D eigenvalue weighted by molar-refractivity contribution is -0.155. The Balaban J connectivity index is -0.000000522. The van der Waals surface area contributed by atoms with Crippen LogP contribution in [0.15, 0.2) is 128 Å². The van der Waals surface area contributed by atoms with E-state index in [4.69, 9.17) is 25.2 Å². The van der Waals surface area contributed by atoms with E-state index in [-0.39, 0.29) is 48.1 Å². The molecule has 0 aliphatic carbocycles. The van der Waals surface area contributed by atoms with Crippen LogP contribution in [0.4, 0.5) is 0 Å². The highest BCUT2D eigenvalue weighted by Crippen LogP contribution is 2.13. The number of hydrogen-bond acceptors (Lipinski definition) is 16. The fourth-order valence-corrected chi connectivity index (χ4v) is 8.06. The van der Waals surface area contributed by atoms with Crippen LogP contribution < -0.4 is 0 Å². The van der Waals surface area contributed by atoms with Gasteiger partial charge in [0.25, 0.3) is 0 Å². The number of carboxylic acid groups (broad SMARTS) is 2. The quantitative estimate of drug-likeness (QED) is 0.0343. The second-order valence-corrected chi connectivity index (χ2v) is 29.4. The van der Waals surface area contributed by atoms with Crippen molar-refractivity contribution in [2.45, 2.75) is 236 Å². The van der Waals surface area contributed by atoms with Crippen LogP contribution in [0.1, 0.15) is 246 Å². The standard InChI is InChI=1S/C11H15NO2.C10H13NO2.C10H15NO.3C9H13N.C9H18O2.C6H12O2.C5H10O2.C5H12O/c1-8(2)7-9-5-4-6-10(12-9)11(13)14-3;1-7(2)6-8-4-3-5-9(11-8)10(12)13;1-8(2)6-9-4-3-5-10(7-12)11-9;3*1-8(2)7-9-5-3-4-6-10-9;1-7(2)6-8(10)11-9(3,4)5;1-5(2)4-6(7)8-3;1-4(2)3-5(6)7;1-5(2)3-4-6/h4-6,8H,7H2,1-3H3;3-5,7H,6H2,1-2H3,(H,12,13);3-5,8,12H,6-7H2,1-2H3;3*3-6,8H,7H2,1-2H3;7H,6H2,1-5H3;5H,4H2,1-3H3;4H,3H2,1-2H3,(H,6,7);5-6H,3-4H2,1-2H3. The monoisotopic (exact) mass is 1410 g/mol. The van der Waals surface area contributed by atoms with Crippen LogP contribution in [0.2, 0.25) is 0 Å². The molecule has 568 valence electrons. The lowest BCUT2D eigenvalue weighted by atomic mass is 10.1. The van der Waals surface area contributed by atoms with Gasteiger partial charge >= 0.3 is 29.8 Å². The molecule has 6 aromatic rings. The highest BCUT2D eigenvalue weighted by molar-refractivity contribution is 5.87. The summed E-state index contributed by atoms with van der Waals surface area (Å²) in [4.78, 5) is 78.2. The van der Waals surface area contributed by atoms with Gasteiger partial charge in [0, 0.05) is 78.6 Å². The number of aliphatic carboxylic acids is 1. The number of aliphatic hydroxyl groups excluding tert-OH is 2. The number of esters is 3. The van der Waals surface area contributed by atoms with Gasteiger partial charge in [0.1, 0.15) is 17.0 Å². The number of rotatable bonds is 23. The van der Waals surface area contributed by atoms with Gasteiger partial charge in [-0.1, -0.05) is 175 Å². The summed E-state index contributed by atoms with van der Waals surface area (Å²) >= 11 is 0. The third-order valence-electron chi connectivity index (χ3n) is 12.2. The van der Waals surface area contributed by atoms with Crippen LogP contribution in [0, 0.1) is 59.2 Å². The van der Waals surface area contributed by atoms with E-state index in [1.165, 1.54) is 37.4 Å². The molecule has 0 radical (unpaired) electrons. The van der Waals surface area contributed by atoms with Crippen molar-refractivity contribution in [1.82, 2.24) is 29.9 Å². The van der Waals surface area contributed by atoms with Crippen LogP contribution in [0.3, 0.4) is 0 Å². The second-order valence-electron chi connectivity index (χ2n) is 29.4. The Bertz CT molecular complexity index is 2900. The highest BCUT2D eigenvalue weighted by Gasteiger charge is 2.17. The lowest BCUT2D eigenvalue weighted by Crippen LogP contribution is -2.24. The van der Waals surface area contributed by atoms with Crippen molar-refractivity contribution in [3.05, 3.63) is 179 Å². The summed E-state index contributed by atoms with van der Waals surface area (Å²) in [7, 11) is 2.77. The maximum atomic E-state index is 11.2. The molecular weight excluding hydrogens is 1270 g/mol. The zero-order chi connectivity index (χ0) is 78.1. The van der Waals surface area contributed by atoms with Gasteiger partial charge in [0.15, 0.2) is 0 Å². The normalized spacial score (nSPS) is 10.4. The fourth-order valence-electron chi connectivity index (χ4n) is 8.06. The molecule has 6 rings (SSSR count). The number of aromatic nitrogens is 6. The van der Waals surface area contributed by atoms with Gasteiger partial charge in [-0.2, -0.15) is 0 Å². The molecular formula is C83H134N6O12. The van der Waals surface area contributed by atoms with E-state index in [1.807, 2.05) is 154 Å². The molecule has 101 heavy (non-hydrogen) atoms. The molecule has 0 saturated carbocycles. The van der Waals surface area contributed by atoms with E-state index in [0.29, 0.717) is 78.4 Å². The number of pyridine rings is 6. The minimum absolute atomic E-state index is 0.0337. The lowest BCUT2D eigenvalue weighted by Gasteiger charge is -2.19. The minimum Gasteiger partial charge on any atom is -0.481 e. The van der Waals surface area contributed by atoms with Crippen molar-refractivity contribution in [3.8, 4) is 0 Å². The predicted octanol–water partition coefficient (Wildman–Crippen LogP) is 18.4. The second kappa shape index (κ2) is 60.9. The zero-order valence-electron chi connectivity index (χ0n) is 66.6. The van der Waals surface area contributed by atoms with Gasteiger partial charge < -0.3 is 34.6 Å². The summed E-state index contributed by atoms with van der Waals surface area (Å²) in [6.07, 6.45) is 13.7. The van der Waals surface area contributed by atoms with Crippen LogP contribution in [-0.2, 0) is 73.7 Å². The molecule has 0 saturated heterocycles. The SMILES string of the molecule is CC(C)CC(=O)O.CC(C)CC(=O)OC(C)(C)C.CC(C)CCO.CC(C)Cc1cccc(C(=O)O)n1.CC(C)Cc1cccc(CO)n1.CC(C)Cc1ccccn1.CC(C)Cc1ccccn1.CC(C)Cc1ccccn1.COC(=O)CC(C)C.COC(=O)c1cccc(CC(C)C)n1. The Morgan fingerprint density at radius 1 is 0.366 bits per heavy atom. The molecule has 18 heteroatoms. The Morgan fingerprint density at radius 3 is 0.931 bits per heavy atom. The molecule has 0 spiro atoms. The molecule has 6 heterocycles. The van der Waals surface area contributed by atoms with E-state index in [0.717, 1.165) is 67.7 Å². The van der Waals surface area contributed by atoms with Crippen LogP contribution in [0.25, 0.3) is 0 Å². The molecule has 0 fully saturated rings. The molecule has 18 nitrogen and oxygen atoms in total. The third kappa shape index (κ3) is 69.1. The number of carbonyl (C=O) groups is 5. The number of methoxy groups -OCH3 is 2. The van der Waals surface area contributed by atoms with Gasteiger partial charge in [-0.3, -0.25) is 34.3 Å². The average Bonchev–Trinajstić information content (AvgIpc) is 0.899. The average molecular weight is 1410 g/mol. The van der Waals surface area contributed by atoms with Crippen molar-refractivity contribution < 1.29 is 58.6 Å². The minimum atomic E-state index is -0.967. The van der Waals surface area contributed by atoms with E-state index in [2.05, 4.69) is 155 Å². The molecule has 0 aliphatic rings.